The van der Waals surface area contributed by atoms with Crippen molar-refractivity contribution in [3.63, 3.8) is 0 Å². The number of hydrogen-bond acceptors (Lipinski definition) is 5. The first-order chi connectivity index (χ1) is 9.67. The summed E-state index contributed by atoms with van der Waals surface area (Å²) in [4.78, 5) is 30.4. The first-order valence-electron chi connectivity index (χ1n) is 6.80. The third-order valence-electron chi connectivity index (χ3n) is 2.71. The monoisotopic (exact) mass is 282 g/mol. The molecule has 20 heavy (non-hydrogen) atoms. The number of ether oxygens (including phenoxy) is 1. The molecule has 4 N–H and O–H groups in total. The average molecular weight is 282 g/mol. The van der Waals surface area contributed by atoms with Gasteiger partial charge in [0.1, 0.15) is 6.04 Å². The highest BCUT2D eigenvalue weighted by Crippen LogP contribution is 2.02. The highest BCUT2D eigenvalue weighted by molar-refractivity contribution is 5.84. The van der Waals surface area contributed by atoms with Crippen LogP contribution in [-0.2, 0) is 20.7 Å². The summed E-state index contributed by atoms with van der Waals surface area (Å²) in [6.07, 6.45) is 5.39. The van der Waals surface area contributed by atoms with Crippen LogP contribution in [0.25, 0.3) is 0 Å². The van der Waals surface area contributed by atoms with Crippen LogP contribution in [0.2, 0.25) is 0 Å². The maximum absolute atomic E-state index is 12.0. The molecule has 7 nitrogen and oxygen atoms in total. The van der Waals surface area contributed by atoms with Crippen LogP contribution in [0.1, 0.15) is 31.9 Å². The Hall–Kier alpha value is -1.89. The van der Waals surface area contributed by atoms with Crippen LogP contribution in [0.4, 0.5) is 0 Å². The van der Waals surface area contributed by atoms with E-state index in [1.165, 1.54) is 6.33 Å². The normalized spacial score (nSPS) is 11.9. The van der Waals surface area contributed by atoms with Gasteiger partial charge in [-0.1, -0.05) is 13.3 Å². The molecule has 0 bridgehead atoms. The third-order valence-corrected chi connectivity index (χ3v) is 2.71. The highest BCUT2D eigenvalue weighted by atomic mass is 16.5. The van der Waals surface area contributed by atoms with Gasteiger partial charge < -0.3 is 20.8 Å². The van der Waals surface area contributed by atoms with E-state index in [2.05, 4.69) is 15.3 Å². The van der Waals surface area contributed by atoms with Crippen LogP contribution in [-0.4, -0.2) is 41.0 Å². The summed E-state index contributed by atoms with van der Waals surface area (Å²) in [5.74, 6) is -0.692. The second-order valence-electron chi connectivity index (χ2n) is 4.46. The molecule has 1 aromatic heterocycles. The predicted molar refractivity (Wildman–Crippen MR) is 73.8 cm³/mol. The number of aromatic amines is 1. The van der Waals surface area contributed by atoms with Gasteiger partial charge in [-0.15, -0.1) is 0 Å². The van der Waals surface area contributed by atoms with Crippen molar-refractivity contribution in [1.29, 1.82) is 0 Å². The minimum Gasteiger partial charge on any atom is -0.464 e. The maximum atomic E-state index is 12.0. The Kier molecular flexibility index (Phi) is 7.34. The Labute approximate surface area is 118 Å². The molecule has 0 unspecified atom stereocenters. The number of nitrogens with two attached hydrogens (primary N) is 1. The zero-order valence-corrected chi connectivity index (χ0v) is 11.7. The quantitative estimate of drug-likeness (QED) is 0.440. The van der Waals surface area contributed by atoms with Gasteiger partial charge in [0.25, 0.3) is 0 Å². The molecule has 1 aromatic rings. The Balaban J connectivity index is 2.57. The molecule has 0 fully saturated rings. The largest absolute Gasteiger partial charge is 0.464 e. The van der Waals surface area contributed by atoms with Gasteiger partial charge in [-0.25, -0.2) is 9.78 Å². The number of carbonyl (C=O) groups excluding carboxylic acids is 2. The number of nitrogens with zero attached hydrogens (tertiary/aromatic N) is 1. The summed E-state index contributed by atoms with van der Waals surface area (Å²) in [7, 11) is 0. The lowest BCUT2D eigenvalue weighted by Crippen LogP contribution is -2.44. The minimum atomic E-state index is -0.716. The zero-order valence-electron chi connectivity index (χ0n) is 11.7. The van der Waals surface area contributed by atoms with Crippen LogP contribution in [0.3, 0.4) is 0 Å². The first kappa shape index (κ1) is 16.2. The van der Waals surface area contributed by atoms with Crippen molar-refractivity contribution >= 4 is 11.9 Å². The van der Waals surface area contributed by atoms with Crippen molar-refractivity contribution in [2.45, 2.75) is 38.6 Å². The van der Waals surface area contributed by atoms with Gasteiger partial charge in [-0.05, 0) is 6.42 Å². The fraction of sp³-hybridized carbons (Fsp3) is 0.615. The molecular formula is C13H22N4O3. The molecule has 0 saturated carbocycles. The number of unbranched alkanes of at least 4 members (excludes halogenated alkanes) is 1. The summed E-state index contributed by atoms with van der Waals surface area (Å²) in [6.45, 7) is 2.62. The average Bonchev–Trinajstić information content (AvgIpc) is 2.91. The molecule has 0 saturated heterocycles. The number of nitrogens with one attached hydrogen (secondary N) is 2. The van der Waals surface area contributed by atoms with E-state index in [1.807, 2.05) is 6.92 Å². The molecule has 1 heterocycles. The fourth-order valence-corrected chi connectivity index (χ4v) is 1.62. The van der Waals surface area contributed by atoms with Gasteiger partial charge in [0.15, 0.2) is 0 Å². The number of carbonyl (C=O) groups is 2. The summed E-state index contributed by atoms with van der Waals surface area (Å²) < 4.78 is 5.15. The van der Waals surface area contributed by atoms with Gasteiger partial charge in [-0.2, -0.15) is 0 Å². The molecule has 112 valence electrons. The minimum absolute atomic E-state index is 0.182. The topological polar surface area (TPSA) is 110 Å². The maximum Gasteiger partial charge on any atom is 0.329 e. The van der Waals surface area contributed by atoms with Crippen LogP contribution in [0, 0.1) is 0 Å². The summed E-state index contributed by atoms with van der Waals surface area (Å²) in [5.41, 5.74) is 6.08. The Morgan fingerprint density at radius 2 is 2.35 bits per heavy atom. The van der Waals surface area contributed by atoms with Crippen molar-refractivity contribution < 1.29 is 14.3 Å². The van der Waals surface area contributed by atoms with Gasteiger partial charge in [0, 0.05) is 31.3 Å². The van der Waals surface area contributed by atoms with Crippen molar-refractivity contribution in [3.05, 3.63) is 18.2 Å². The lowest BCUT2D eigenvalue weighted by molar-refractivity contribution is -0.148. The van der Waals surface area contributed by atoms with Gasteiger partial charge in [0.05, 0.1) is 12.9 Å². The fourth-order valence-electron chi connectivity index (χ4n) is 1.62. The van der Waals surface area contributed by atoms with Crippen LogP contribution < -0.4 is 11.1 Å². The van der Waals surface area contributed by atoms with Gasteiger partial charge >= 0.3 is 5.97 Å². The molecule has 1 amide bonds. The van der Waals surface area contributed by atoms with Crippen LogP contribution >= 0.6 is 0 Å². The summed E-state index contributed by atoms with van der Waals surface area (Å²) in [6, 6.07) is -0.716. The lowest BCUT2D eigenvalue weighted by Gasteiger charge is -2.17. The summed E-state index contributed by atoms with van der Waals surface area (Å²) >= 11 is 0. The van der Waals surface area contributed by atoms with Crippen LogP contribution in [0.5, 0.6) is 0 Å². The zero-order chi connectivity index (χ0) is 14.8. The number of rotatable bonds is 9. The van der Waals surface area contributed by atoms with Crippen molar-refractivity contribution in [2.24, 2.45) is 5.73 Å². The molecule has 1 rings (SSSR count). The Bertz CT molecular complexity index is 406. The molecule has 0 radical (unpaired) electrons. The van der Waals surface area contributed by atoms with E-state index in [-0.39, 0.29) is 18.9 Å². The van der Waals surface area contributed by atoms with E-state index in [0.29, 0.717) is 13.0 Å². The number of H-pyrrole nitrogens is 1. The number of esters is 1. The predicted octanol–water partition coefficient (Wildman–Crippen LogP) is 0.129. The van der Waals surface area contributed by atoms with Gasteiger partial charge in [-0.3, -0.25) is 4.79 Å². The number of amides is 1. The van der Waals surface area contributed by atoms with Crippen molar-refractivity contribution in [1.82, 2.24) is 15.3 Å². The molecule has 0 aliphatic heterocycles. The van der Waals surface area contributed by atoms with Crippen LogP contribution in [0.15, 0.2) is 12.5 Å². The third kappa shape index (κ3) is 5.83. The van der Waals surface area contributed by atoms with Gasteiger partial charge in [0.2, 0.25) is 5.91 Å². The molecule has 0 spiro atoms. The smallest absolute Gasteiger partial charge is 0.329 e. The van der Waals surface area contributed by atoms with E-state index < -0.39 is 12.0 Å². The number of imidazole rings is 1. The standard InChI is InChI=1S/C13H22N4O3/c1-2-3-6-20-13(19)11(17-12(18)4-5-14)7-10-8-15-9-16-10/h8-9,11H,2-7,14H2,1H3,(H,15,16)(H,17,18)/t11-/m1/s1. The van der Waals surface area contributed by atoms with E-state index in [4.69, 9.17) is 10.5 Å². The SMILES string of the molecule is CCCCOC(=O)[C@@H](Cc1cnc[nH]1)NC(=O)CCN. The van der Waals surface area contributed by atoms with Crippen molar-refractivity contribution in [3.8, 4) is 0 Å². The second-order valence-corrected chi connectivity index (χ2v) is 4.46. The number of aromatic nitrogens is 2. The van der Waals surface area contributed by atoms with E-state index >= 15 is 0 Å². The van der Waals surface area contributed by atoms with E-state index in [0.717, 1.165) is 18.5 Å². The second kappa shape index (κ2) is 9.08. The van der Waals surface area contributed by atoms with Crippen molar-refractivity contribution in [2.75, 3.05) is 13.2 Å². The first-order valence-corrected chi connectivity index (χ1v) is 6.80. The molecule has 0 aliphatic carbocycles. The lowest BCUT2D eigenvalue weighted by atomic mass is 10.1. The molecule has 0 aromatic carbocycles. The molecule has 7 heteroatoms. The molecule has 0 aliphatic rings. The number of hydrogen-bond donors (Lipinski definition) is 3. The van der Waals surface area contributed by atoms with E-state index in [1.54, 1.807) is 6.20 Å². The Morgan fingerprint density at radius 3 is 2.95 bits per heavy atom. The molecule has 1 atom stereocenters. The highest BCUT2D eigenvalue weighted by Gasteiger charge is 2.22. The Morgan fingerprint density at radius 1 is 1.55 bits per heavy atom. The summed E-state index contributed by atoms with van der Waals surface area (Å²) in [5, 5.41) is 2.64. The molecular weight excluding hydrogens is 260 g/mol. The van der Waals surface area contributed by atoms with E-state index in [9.17, 15) is 9.59 Å².